The SMILES string of the molecule is CCOc1cc(C=NNC(=O)CSc2nnc(-c3ccccc3)s2)ccc1OCC(=O)N(CC)CC. The fraction of sp³-hybridized carbons (Fsp3) is 0.320. The third kappa shape index (κ3) is 8.06. The van der Waals surface area contributed by atoms with Gasteiger partial charge >= 0.3 is 0 Å². The van der Waals surface area contributed by atoms with E-state index in [1.807, 2.05) is 51.1 Å². The summed E-state index contributed by atoms with van der Waals surface area (Å²) in [6.45, 7) is 7.35. The van der Waals surface area contributed by atoms with Gasteiger partial charge in [-0.2, -0.15) is 5.10 Å². The predicted octanol–water partition coefficient (Wildman–Crippen LogP) is 4.09. The molecule has 0 aliphatic carbocycles. The van der Waals surface area contributed by atoms with Gasteiger partial charge in [-0.15, -0.1) is 10.2 Å². The Morgan fingerprint density at radius 2 is 1.83 bits per heavy atom. The molecule has 11 heteroatoms. The van der Waals surface area contributed by atoms with Crippen molar-refractivity contribution in [1.82, 2.24) is 20.5 Å². The number of ether oxygens (including phenoxy) is 2. The van der Waals surface area contributed by atoms with Crippen LogP contribution in [-0.2, 0) is 9.59 Å². The second-order valence-corrected chi connectivity index (χ2v) is 9.51. The Morgan fingerprint density at radius 3 is 2.56 bits per heavy atom. The lowest BCUT2D eigenvalue weighted by atomic mass is 10.2. The van der Waals surface area contributed by atoms with Gasteiger partial charge in [0.15, 0.2) is 22.4 Å². The maximum absolute atomic E-state index is 12.2. The summed E-state index contributed by atoms with van der Waals surface area (Å²) in [5.74, 6) is 0.798. The largest absolute Gasteiger partial charge is 0.490 e. The Kier molecular flexibility index (Phi) is 10.7. The van der Waals surface area contributed by atoms with Crippen LogP contribution in [0.25, 0.3) is 10.6 Å². The summed E-state index contributed by atoms with van der Waals surface area (Å²) in [5.41, 5.74) is 4.22. The lowest BCUT2D eigenvalue weighted by molar-refractivity contribution is -0.133. The van der Waals surface area contributed by atoms with Gasteiger partial charge in [-0.25, -0.2) is 5.43 Å². The van der Waals surface area contributed by atoms with Gasteiger partial charge in [0.2, 0.25) is 0 Å². The standard InChI is InChI=1S/C25H29N5O4S2/c1-4-30(5-2)23(32)16-34-20-13-12-18(14-21(20)33-6-3)15-26-27-22(31)17-35-25-29-28-24(36-25)19-10-8-7-9-11-19/h7-15H,4-6,16-17H2,1-3H3,(H,27,31). The molecule has 0 radical (unpaired) electrons. The fourth-order valence-electron chi connectivity index (χ4n) is 3.10. The number of nitrogens with one attached hydrogen (secondary N) is 1. The molecule has 0 aliphatic rings. The summed E-state index contributed by atoms with van der Waals surface area (Å²) in [4.78, 5) is 26.1. The smallest absolute Gasteiger partial charge is 0.260 e. The molecule has 190 valence electrons. The minimum atomic E-state index is -0.257. The van der Waals surface area contributed by atoms with Gasteiger partial charge in [0.25, 0.3) is 11.8 Å². The molecule has 0 unspecified atom stereocenters. The molecule has 0 aliphatic heterocycles. The van der Waals surface area contributed by atoms with E-state index in [0.717, 1.165) is 10.6 Å². The van der Waals surface area contributed by atoms with E-state index in [1.54, 1.807) is 23.1 Å². The number of benzene rings is 2. The third-order valence-electron chi connectivity index (χ3n) is 4.89. The first-order chi connectivity index (χ1) is 17.5. The molecule has 3 rings (SSSR count). The number of carbonyl (C=O) groups excluding carboxylic acids is 2. The molecule has 1 N–H and O–H groups in total. The van der Waals surface area contributed by atoms with Crippen LogP contribution >= 0.6 is 23.1 Å². The van der Waals surface area contributed by atoms with Gasteiger partial charge < -0.3 is 14.4 Å². The van der Waals surface area contributed by atoms with Crippen molar-refractivity contribution in [1.29, 1.82) is 0 Å². The van der Waals surface area contributed by atoms with Crippen LogP contribution in [0.1, 0.15) is 26.3 Å². The van der Waals surface area contributed by atoms with Crippen LogP contribution in [0.5, 0.6) is 11.5 Å². The number of amides is 2. The highest BCUT2D eigenvalue weighted by Crippen LogP contribution is 2.29. The van der Waals surface area contributed by atoms with Crippen LogP contribution in [0, 0.1) is 0 Å². The lowest BCUT2D eigenvalue weighted by Crippen LogP contribution is -2.34. The monoisotopic (exact) mass is 527 g/mol. The van der Waals surface area contributed by atoms with E-state index in [4.69, 9.17) is 9.47 Å². The van der Waals surface area contributed by atoms with Crippen LogP contribution in [0.4, 0.5) is 0 Å². The van der Waals surface area contributed by atoms with Crippen LogP contribution in [0.3, 0.4) is 0 Å². The van der Waals surface area contributed by atoms with Crippen molar-refractivity contribution < 1.29 is 19.1 Å². The number of hydrazone groups is 1. The van der Waals surface area contributed by atoms with Crippen molar-refractivity contribution in [2.24, 2.45) is 5.10 Å². The zero-order chi connectivity index (χ0) is 25.8. The van der Waals surface area contributed by atoms with Crippen molar-refractivity contribution in [3.05, 3.63) is 54.1 Å². The minimum Gasteiger partial charge on any atom is -0.490 e. The number of thioether (sulfide) groups is 1. The summed E-state index contributed by atoms with van der Waals surface area (Å²) < 4.78 is 12.1. The third-order valence-corrected chi connectivity index (χ3v) is 7.00. The summed E-state index contributed by atoms with van der Waals surface area (Å²) in [6, 6.07) is 15.0. The van der Waals surface area contributed by atoms with Crippen molar-refractivity contribution in [3.8, 4) is 22.1 Å². The molecule has 36 heavy (non-hydrogen) atoms. The number of nitrogens with zero attached hydrogens (tertiary/aromatic N) is 4. The molecule has 3 aromatic rings. The molecule has 0 bridgehead atoms. The van der Waals surface area contributed by atoms with Gasteiger partial charge in [0, 0.05) is 18.7 Å². The molecule has 1 heterocycles. The molecule has 0 spiro atoms. The normalized spacial score (nSPS) is 10.9. The first-order valence-corrected chi connectivity index (χ1v) is 13.3. The molecule has 2 amide bonds. The topological polar surface area (TPSA) is 106 Å². The van der Waals surface area contributed by atoms with Crippen molar-refractivity contribution in [3.63, 3.8) is 0 Å². The molecule has 9 nitrogen and oxygen atoms in total. The zero-order valence-corrected chi connectivity index (χ0v) is 22.1. The Balaban J connectivity index is 1.51. The molecular formula is C25H29N5O4S2. The first-order valence-electron chi connectivity index (χ1n) is 11.5. The number of aromatic nitrogens is 2. The molecule has 2 aromatic carbocycles. The molecule has 1 aromatic heterocycles. The second kappa shape index (κ2) is 14.2. The maximum atomic E-state index is 12.2. The first kappa shape index (κ1) is 27.2. The van der Waals surface area contributed by atoms with E-state index in [0.29, 0.717) is 41.1 Å². The van der Waals surface area contributed by atoms with E-state index < -0.39 is 0 Å². The summed E-state index contributed by atoms with van der Waals surface area (Å²) in [5, 5.41) is 13.2. The number of hydrogen-bond acceptors (Lipinski definition) is 9. The fourth-order valence-corrected chi connectivity index (χ4v) is 4.75. The van der Waals surface area contributed by atoms with Gasteiger partial charge in [0.1, 0.15) is 5.01 Å². The molecular weight excluding hydrogens is 498 g/mol. The highest BCUT2D eigenvalue weighted by Gasteiger charge is 2.13. The minimum absolute atomic E-state index is 0.0651. The Labute approximate surface area is 218 Å². The van der Waals surface area contributed by atoms with E-state index >= 15 is 0 Å². The Morgan fingerprint density at radius 1 is 1.06 bits per heavy atom. The number of hydrogen-bond donors (Lipinski definition) is 1. The van der Waals surface area contributed by atoms with Crippen LogP contribution in [0.2, 0.25) is 0 Å². The van der Waals surface area contributed by atoms with Crippen molar-refractivity contribution >= 4 is 41.1 Å². The molecule has 0 saturated heterocycles. The summed E-state index contributed by atoms with van der Waals surface area (Å²) in [7, 11) is 0. The number of rotatable bonds is 13. The quantitative estimate of drug-likeness (QED) is 0.203. The number of likely N-dealkylation sites (N-methyl/N-ethyl adjacent to an activating group) is 1. The van der Waals surface area contributed by atoms with Gasteiger partial charge in [-0.1, -0.05) is 53.4 Å². The maximum Gasteiger partial charge on any atom is 0.260 e. The average molecular weight is 528 g/mol. The number of carbonyl (C=O) groups is 2. The van der Waals surface area contributed by atoms with Crippen LogP contribution in [0.15, 0.2) is 58.0 Å². The van der Waals surface area contributed by atoms with Gasteiger partial charge in [-0.05, 0) is 44.5 Å². The second-order valence-electron chi connectivity index (χ2n) is 7.31. The van der Waals surface area contributed by atoms with Crippen LogP contribution in [-0.4, -0.2) is 65.2 Å². The Bertz CT molecular complexity index is 1170. The van der Waals surface area contributed by atoms with E-state index in [9.17, 15) is 9.59 Å². The van der Waals surface area contributed by atoms with E-state index in [-0.39, 0.29) is 24.2 Å². The summed E-state index contributed by atoms with van der Waals surface area (Å²) in [6.07, 6.45) is 1.52. The predicted molar refractivity (Wildman–Crippen MR) is 143 cm³/mol. The van der Waals surface area contributed by atoms with E-state index in [2.05, 4.69) is 20.7 Å². The van der Waals surface area contributed by atoms with Crippen molar-refractivity contribution in [2.75, 3.05) is 32.1 Å². The van der Waals surface area contributed by atoms with E-state index in [1.165, 1.54) is 29.3 Å². The highest BCUT2D eigenvalue weighted by atomic mass is 32.2. The van der Waals surface area contributed by atoms with Crippen molar-refractivity contribution in [2.45, 2.75) is 25.1 Å². The zero-order valence-electron chi connectivity index (χ0n) is 20.5. The molecule has 0 atom stereocenters. The highest BCUT2D eigenvalue weighted by molar-refractivity contribution is 8.01. The van der Waals surface area contributed by atoms with Gasteiger partial charge in [-0.3, -0.25) is 9.59 Å². The Hall–Kier alpha value is -3.44. The lowest BCUT2D eigenvalue weighted by Gasteiger charge is -2.19. The summed E-state index contributed by atoms with van der Waals surface area (Å²) >= 11 is 2.74. The van der Waals surface area contributed by atoms with Gasteiger partial charge in [0.05, 0.1) is 18.6 Å². The van der Waals surface area contributed by atoms with Crippen LogP contribution < -0.4 is 14.9 Å². The average Bonchev–Trinajstić information content (AvgIpc) is 3.38. The molecule has 0 saturated carbocycles. The molecule has 0 fully saturated rings.